The highest BCUT2D eigenvalue weighted by Gasteiger charge is 2.59. The van der Waals surface area contributed by atoms with Crippen molar-refractivity contribution in [2.45, 2.75) is 51.3 Å². The molecule has 1 aromatic heterocycles. The Bertz CT molecular complexity index is 581. The first-order valence-corrected chi connectivity index (χ1v) is 9.67. The number of aliphatic imine (C=N–C) groups is 1. The topological polar surface area (TPSA) is 61.8 Å². The molecule has 2 aliphatic rings. The molecule has 1 spiro atoms. The van der Waals surface area contributed by atoms with E-state index in [2.05, 4.69) is 32.9 Å². The van der Waals surface area contributed by atoms with E-state index in [4.69, 9.17) is 4.74 Å². The van der Waals surface area contributed by atoms with E-state index in [1.165, 1.54) is 19.3 Å². The van der Waals surface area contributed by atoms with Gasteiger partial charge in [-0.15, -0.1) is 11.3 Å². The fourth-order valence-electron chi connectivity index (χ4n) is 3.76. The molecule has 0 aliphatic heterocycles. The van der Waals surface area contributed by atoms with Gasteiger partial charge in [0, 0.05) is 44.6 Å². The molecule has 1 aromatic rings. The Morgan fingerprint density at radius 2 is 2.29 bits per heavy atom. The first kappa shape index (κ1) is 17.5. The van der Waals surface area contributed by atoms with Gasteiger partial charge in [-0.1, -0.05) is 6.42 Å². The molecule has 7 heteroatoms. The van der Waals surface area contributed by atoms with Gasteiger partial charge in [-0.25, -0.2) is 4.98 Å². The summed E-state index contributed by atoms with van der Waals surface area (Å²) in [6.07, 6.45) is 5.36. The van der Waals surface area contributed by atoms with Gasteiger partial charge in [0.05, 0.1) is 18.3 Å². The molecule has 0 saturated heterocycles. The second kappa shape index (κ2) is 7.27. The van der Waals surface area contributed by atoms with Gasteiger partial charge in [0.2, 0.25) is 0 Å². The molecule has 1 heterocycles. The maximum atomic E-state index is 5.92. The summed E-state index contributed by atoms with van der Waals surface area (Å²) in [6.45, 7) is 3.59. The van der Waals surface area contributed by atoms with E-state index in [-0.39, 0.29) is 0 Å². The molecule has 0 radical (unpaired) electrons. The highest BCUT2D eigenvalue weighted by molar-refractivity contribution is 7.13. The molecule has 2 aliphatic carbocycles. The molecular formula is C17H29N5OS. The fourth-order valence-corrected chi connectivity index (χ4v) is 4.52. The van der Waals surface area contributed by atoms with Crippen molar-refractivity contribution in [2.24, 2.45) is 10.4 Å². The predicted octanol–water partition coefficient (Wildman–Crippen LogP) is 2.22. The van der Waals surface area contributed by atoms with E-state index in [0.29, 0.717) is 24.1 Å². The molecular weight excluding hydrogens is 322 g/mol. The lowest BCUT2D eigenvalue weighted by Gasteiger charge is -2.61. The van der Waals surface area contributed by atoms with Crippen LogP contribution in [0.4, 0.5) is 5.13 Å². The van der Waals surface area contributed by atoms with Crippen LogP contribution in [0.2, 0.25) is 0 Å². The van der Waals surface area contributed by atoms with E-state index >= 15 is 0 Å². The minimum atomic E-state index is 0.340. The summed E-state index contributed by atoms with van der Waals surface area (Å²) < 4.78 is 5.92. The summed E-state index contributed by atoms with van der Waals surface area (Å²) in [5, 5.41) is 10.1. The molecule has 24 heavy (non-hydrogen) atoms. The highest BCUT2D eigenvalue weighted by Crippen LogP contribution is 2.57. The van der Waals surface area contributed by atoms with Gasteiger partial charge in [0.25, 0.3) is 0 Å². The van der Waals surface area contributed by atoms with Crippen molar-refractivity contribution >= 4 is 22.4 Å². The third kappa shape index (κ3) is 3.24. The van der Waals surface area contributed by atoms with Gasteiger partial charge < -0.3 is 20.3 Å². The Morgan fingerprint density at radius 1 is 1.50 bits per heavy atom. The number of ether oxygens (including phenoxy) is 1. The summed E-state index contributed by atoms with van der Waals surface area (Å²) in [5.41, 5.74) is 1.39. The van der Waals surface area contributed by atoms with E-state index in [0.717, 1.165) is 29.8 Å². The number of hydrogen-bond acceptors (Lipinski definition) is 5. The van der Waals surface area contributed by atoms with Crippen LogP contribution in [0.25, 0.3) is 0 Å². The Balaban J connectivity index is 1.52. The van der Waals surface area contributed by atoms with Crippen LogP contribution >= 0.6 is 11.3 Å². The molecule has 2 N–H and O–H groups in total. The van der Waals surface area contributed by atoms with Gasteiger partial charge in [-0.2, -0.15) is 0 Å². The number of nitrogens with zero attached hydrogens (tertiary/aromatic N) is 3. The second-order valence-corrected chi connectivity index (χ2v) is 7.74. The summed E-state index contributed by atoms with van der Waals surface area (Å²) in [6, 6.07) is 0.474. The molecule has 0 bridgehead atoms. The molecule has 0 amide bonds. The number of rotatable bonds is 6. The minimum absolute atomic E-state index is 0.340. The first-order chi connectivity index (χ1) is 11.6. The van der Waals surface area contributed by atoms with E-state index in [1.54, 1.807) is 11.3 Å². The lowest BCUT2D eigenvalue weighted by Crippen LogP contribution is -2.68. The van der Waals surface area contributed by atoms with Crippen molar-refractivity contribution in [1.29, 1.82) is 0 Å². The predicted molar refractivity (Wildman–Crippen MR) is 99.9 cm³/mol. The van der Waals surface area contributed by atoms with Gasteiger partial charge in [-0.05, 0) is 26.2 Å². The van der Waals surface area contributed by atoms with Crippen molar-refractivity contribution in [3.05, 3.63) is 11.1 Å². The quantitative estimate of drug-likeness (QED) is 0.608. The van der Waals surface area contributed by atoms with Crippen molar-refractivity contribution in [1.82, 2.24) is 15.6 Å². The third-order valence-electron chi connectivity index (χ3n) is 5.33. The molecule has 3 rings (SSSR count). The lowest BCUT2D eigenvalue weighted by atomic mass is 9.51. The van der Waals surface area contributed by atoms with Crippen molar-refractivity contribution in [3.8, 4) is 0 Å². The average Bonchev–Trinajstić information content (AvgIpc) is 2.97. The van der Waals surface area contributed by atoms with Crippen molar-refractivity contribution < 1.29 is 4.74 Å². The van der Waals surface area contributed by atoms with Crippen LogP contribution in [-0.2, 0) is 11.3 Å². The summed E-state index contributed by atoms with van der Waals surface area (Å²) in [7, 11) is 5.85. The lowest BCUT2D eigenvalue weighted by molar-refractivity contribution is -0.168. The number of thiazole rings is 1. The van der Waals surface area contributed by atoms with Gasteiger partial charge in [0.1, 0.15) is 0 Å². The SMILES string of the molecule is CCOC1CC(NC(=NC)NCc2csc(N(C)C)n2)C12CCC2. The fraction of sp³-hybridized carbons (Fsp3) is 0.765. The average molecular weight is 352 g/mol. The molecule has 2 unspecified atom stereocenters. The molecule has 6 nitrogen and oxygen atoms in total. The van der Waals surface area contributed by atoms with Crippen LogP contribution < -0.4 is 15.5 Å². The van der Waals surface area contributed by atoms with Crippen molar-refractivity contribution in [3.63, 3.8) is 0 Å². The smallest absolute Gasteiger partial charge is 0.191 e. The Hall–Kier alpha value is -1.34. The van der Waals surface area contributed by atoms with Crippen LogP contribution in [0, 0.1) is 5.41 Å². The zero-order valence-corrected chi connectivity index (χ0v) is 15.9. The molecule has 134 valence electrons. The van der Waals surface area contributed by atoms with Crippen LogP contribution in [0.5, 0.6) is 0 Å². The summed E-state index contributed by atoms with van der Waals surface area (Å²) >= 11 is 1.66. The van der Waals surface area contributed by atoms with Gasteiger partial charge >= 0.3 is 0 Å². The van der Waals surface area contributed by atoms with Crippen LogP contribution in [0.1, 0.15) is 38.3 Å². The monoisotopic (exact) mass is 351 g/mol. The molecule has 2 atom stereocenters. The second-order valence-electron chi connectivity index (χ2n) is 6.90. The maximum absolute atomic E-state index is 5.92. The zero-order chi connectivity index (χ0) is 17.2. The third-order valence-corrected chi connectivity index (χ3v) is 6.39. The van der Waals surface area contributed by atoms with Crippen molar-refractivity contribution in [2.75, 3.05) is 32.6 Å². The first-order valence-electron chi connectivity index (χ1n) is 8.79. The largest absolute Gasteiger partial charge is 0.378 e. The summed E-state index contributed by atoms with van der Waals surface area (Å²) in [4.78, 5) is 11.0. The van der Waals surface area contributed by atoms with E-state index < -0.39 is 0 Å². The molecule has 2 fully saturated rings. The number of anilines is 1. The maximum Gasteiger partial charge on any atom is 0.191 e. The summed E-state index contributed by atoms with van der Waals surface area (Å²) in [5.74, 6) is 0.862. The normalized spacial score (nSPS) is 25.1. The zero-order valence-electron chi connectivity index (χ0n) is 15.1. The minimum Gasteiger partial charge on any atom is -0.378 e. The van der Waals surface area contributed by atoms with Crippen LogP contribution in [0.15, 0.2) is 10.4 Å². The highest BCUT2D eigenvalue weighted by atomic mass is 32.1. The number of hydrogen-bond donors (Lipinski definition) is 2. The van der Waals surface area contributed by atoms with E-state index in [1.807, 2.05) is 26.0 Å². The van der Waals surface area contributed by atoms with E-state index in [9.17, 15) is 0 Å². The number of aromatic nitrogens is 1. The number of guanidine groups is 1. The van der Waals surface area contributed by atoms with Crippen LogP contribution in [0.3, 0.4) is 0 Å². The Labute approximate surface area is 148 Å². The van der Waals surface area contributed by atoms with Gasteiger partial charge in [-0.3, -0.25) is 4.99 Å². The molecule has 0 aromatic carbocycles. The number of nitrogens with one attached hydrogen (secondary N) is 2. The Kier molecular flexibility index (Phi) is 5.30. The Morgan fingerprint density at radius 3 is 2.83 bits per heavy atom. The van der Waals surface area contributed by atoms with Gasteiger partial charge in [0.15, 0.2) is 11.1 Å². The molecule has 2 saturated carbocycles. The van der Waals surface area contributed by atoms with Crippen LogP contribution in [-0.4, -0.2) is 50.8 Å². The standard InChI is InChI=1S/C17H29N5OS/c1-5-23-14-9-13(17(14)7-6-8-17)21-15(18-2)19-10-12-11-24-16(20-12)22(3)4/h11,13-14H,5-10H2,1-4H3,(H2,18,19,21).